The number of unbranched alkanes of at least 4 members (excludes halogenated alkanes) is 7. The summed E-state index contributed by atoms with van der Waals surface area (Å²) >= 11 is 0. The third-order valence-electron chi connectivity index (χ3n) is 3.29. The van der Waals surface area contributed by atoms with Gasteiger partial charge in [-0.3, -0.25) is 0 Å². The zero-order valence-electron chi connectivity index (χ0n) is 12.2. The fourth-order valence-electron chi connectivity index (χ4n) is 2.14. The van der Waals surface area contributed by atoms with Gasteiger partial charge >= 0.3 is 0 Å². The van der Waals surface area contributed by atoms with E-state index in [1.807, 2.05) is 30.3 Å². The molecule has 0 N–H and O–H groups in total. The number of para-hydroxylation sites is 1. The normalized spacial score (nSPS) is 10.4. The number of carboxylic acids is 1. The van der Waals surface area contributed by atoms with Crippen molar-refractivity contribution in [2.45, 2.75) is 57.8 Å². The van der Waals surface area contributed by atoms with Gasteiger partial charge in [-0.1, -0.05) is 56.7 Å². The summed E-state index contributed by atoms with van der Waals surface area (Å²) < 4.78 is 5.63. The molecule has 0 aliphatic carbocycles. The van der Waals surface area contributed by atoms with Crippen molar-refractivity contribution < 1.29 is 14.6 Å². The molecule has 0 atom stereocenters. The summed E-state index contributed by atoms with van der Waals surface area (Å²) in [4.78, 5) is 10.2. The molecule has 3 nitrogen and oxygen atoms in total. The maximum Gasteiger partial charge on any atom is 0.119 e. The molecule has 0 amide bonds. The van der Waals surface area contributed by atoms with Gasteiger partial charge in [0, 0.05) is 5.97 Å². The summed E-state index contributed by atoms with van der Waals surface area (Å²) in [7, 11) is 0. The van der Waals surface area contributed by atoms with Crippen LogP contribution < -0.4 is 9.84 Å². The van der Waals surface area contributed by atoms with Crippen LogP contribution in [0.3, 0.4) is 0 Å². The number of benzene rings is 1. The third-order valence-corrected chi connectivity index (χ3v) is 3.29. The van der Waals surface area contributed by atoms with Crippen molar-refractivity contribution >= 4 is 5.97 Å². The van der Waals surface area contributed by atoms with E-state index in [9.17, 15) is 9.90 Å². The molecule has 20 heavy (non-hydrogen) atoms. The van der Waals surface area contributed by atoms with E-state index >= 15 is 0 Å². The summed E-state index contributed by atoms with van der Waals surface area (Å²) in [6.45, 7) is 0.787. The molecule has 1 aromatic carbocycles. The number of aliphatic carboxylic acids is 1. The third kappa shape index (κ3) is 9.42. The number of ether oxygens (including phenoxy) is 1. The second kappa shape index (κ2) is 11.3. The van der Waals surface area contributed by atoms with Crippen LogP contribution in [0.15, 0.2) is 30.3 Å². The van der Waals surface area contributed by atoms with E-state index in [0.29, 0.717) is 0 Å². The Labute approximate surface area is 122 Å². The quantitative estimate of drug-likeness (QED) is 0.551. The number of carbonyl (C=O) groups excluding carboxylic acids is 1. The molecule has 0 heterocycles. The summed E-state index contributed by atoms with van der Waals surface area (Å²) in [5.74, 6) is 0.0174. The lowest BCUT2D eigenvalue weighted by molar-refractivity contribution is -0.305. The predicted molar refractivity (Wildman–Crippen MR) is 78.5 cm³/mol. The average Bonchev–Trinajstić information content (AvgIpc) is 2.45. The number of carboxylic acid groups (broad SMARTS) is 1. The van der Waals surface area contributed by atoms with Gasteiger partial charge in [-0.15, -0.1) is 0 Å². The van der Waals surface area contributed by atoms with Gasteiger partial charge in [0.25, 0.3) is 0 Å². The molecule has 0 radical (unpaired) electrons. The highest BCUT2D eigenvalue weighted by molar-refractivity contribution is 5.63. The Morgan fingerprint density at radius 2 is 1.40 bits per heavy atom. The number of rotatable bonds is 12. The van der Waals surface area contributed by atoms with Gasteiger partial charge in [0.2, 0.25) is 0 Å². The zero-order valence-corrected chi connectivity index (χ0v) is 12.2. The van der Waals surface area contributed by atoms with Gasteiger partial charge in [0.1, 0.15) is 5.75 Å². The van der Waals surface area contributed by atoms with Crippen molar-refractivity contribution in [2.75, 3.05) is 6.61 Å². The van der Waals surface area contributed by atoms with Gasteiger partial charge in [0.05, 0.1) is 6.61 Å². The highest BCUT2D eigenvalue weighted by Crippen LogP contribution is 2.11. The minimum atomic E-state index is -0.927. The van der Waals surface area contributed by atoms with Crippen LogP contribution in [0.1, 0.15) is 57.8 Å². The second-order valence-electron chi connectivity index (χ2n) is 5.11. The van der Waals surface area contributed by atoms with Crippen LogP contribution >= 0.6 is 0 Å². The van der Waals surface area contributed by atoms with Crippen LogP contribution in [0.2, 0.25) is 0 Å². The van der Waals surface area contributed by atoms with E-state index in [1.165, 1.54) is 25.7 Å². The molecule has 112 valence electrons. The predicted octanol–water partition coefficient (Wildman–Crippen LogP) is 3.33. The van der Waals surface area contributed by atoms with Gasteiger partial charge in [-0.25, -0.2) is 0 Å². The van der Waals surface area contributed by atoms with Crippen molar-refractivity contribution in [1.82, 2.24) is 0 Å². The molecule has 0 fully saturated rings. The van der Waals surface area contributed by atoms with Crippen molar-refractivity contribution in [3.05, 3.63) is 30.3 Å². The van der Waals surface area contributed by atoms with Crippen molar-refractivity contribution in [2.24, 2.45) is 0 Å². The topological polar surface area (TPSA) is 49.4 Å². The lowest BCUT2D eigenvalue weighted by Crippen LogP contribution is -2.21. The highest BCUT2D eigenvalue weighted by atomic mass is 16.5. The van der Waals surface area contributed by atoms with E-state index in [0.717, 1.165) is 38.0 Å². The van der Waals surface area contributed by atoms with Crippen LogP contribution in [0.4, 0.5) is 0 Å². The molecule has 0 spiro atoms. The van der Waals surface area contributed by atoms with Gasteiger partial charge < -0.3 is 14.6 Å². The minimum Gasteiger partial charge on any atom is -0.550 e. The Balaban J connectivity index is 1.80. The van der Waals surface area contributed by atoms with Crippen LogP contribution in [0, 0.1) is 0 Å². The SMILES string of the molecule is O=C([O-])CCCCCCCCCCOc1ccccc1. The molecule has 0 aromatic heterocycles. The lowest BCUT2D eigenvalue weighted by atomic mass is 10.1. The molecule has 1 rings (SSSR count). The van der Waals surface area contributed by atoms with Crippen molar-refractivity contribution in [3.63, 3.8) is 0 Å². The fourth-order valence-corrected chi connectivity index (χ4v) is 2.14. The lowest BCUT2D eigenvalue weighted by Gasteiger charge is -2.06. The van der Waals surface area contributed by atoms with Gasteiger partial charge in [-0.05, 0) is 31.4 Å². The first-order valence-electron chi connectivity index (χ1n) is 7.67. The molecule has 0 aliphatic rings. The Morgan fingerprint density at radius 3 is 2.00 bits per heavy atom. The maximum atomic E-state index is 10.2. The molecule has 0 saturated carbocycles. The molecular weight excluding hydrogens is 252 g/mol. The highest BCUT2D eigenvalue weighted by Gasteiger charge is 1.94. The fraction of sp³-hybridized carbons (Fsp3) is 0.588. The molecular formula is C17H25O3-. The Bertz CT molecular complexity index is 349. The molecule has 0 saturated heterocycles. The largest absolute Gasteiger partial charge is 0.550 e. The molecule has 0 bridgehead atoms. The summed E-state index contributed by atoms with van der Waals surface area (Å²) in [6.07, 6.45) is 9.07. The second-order valence-corrected chi connectivity index (χ2v) is 5.11. The minimum absolute atomic E-state index is 0.205. The van der Waals surface area contributed by atoms with Crippen molar-refractivity contribution in [1.29, 1.82) is 0 Å². The monoisotopic (exact) mass is 277 g/mol. The molecule has 1 aromatic rings. The molecule has 0 unspecified atom stereocenters. The van der Waals surface area contributed by atoms with E-state index in [-0.39, 0.29) is 6.42 Å². The summed E-state index contributed by atoms with van der Waals surface area (Å²) in [5.41, 5.74) is 0. The van der Waals surface area contributed by atoms with Gasteiger partial charge in [0.15, 0.2) is 0 Å². The zero-order chi connectivity index (χ0) is 14.5. The number of hydrogen-bond donors (Lipinski definition) is 0. The Kier molecular flexibility index (Phi) is 9.37. The van der Waals surface area contributed by atoms with Crippen molar-refractivity contribution in [3.8, 4) is 5.75 Å². The number of hydrogen-bond acceptors (Lipinski definition) is 3. The molecule has 3 heteroatoms. The number of carbonyl (C=O) groups is 1. The van der Waals surface area contributed by atoms with E-state index in [4.69, 9.17) is 4.74 Å². The maximum absolute atomic E-state index is 10.2. The average molecular weight is 277 g/mol. The van der Waals surface area contributed by atoms with Crippen LogP contribution in [0.25, 0.3) is 0 Å². The smallest absolute Gasteiger partial charge is 0.119 e. The first kappa shape index (κ1) is 16.5. The summed E-state index contributed by atoms with van der Waals surface area (Å²) in [5, 5.41) is 10.2. The van der Waals surface area contributed by atoms with Crippen LogP contribution in [-0.2, 0) is 4.79 Å². The molecule has 0 aliphatic heterocycles. The standard InChI is InChI=1S/C17H26O3/c18-17(19)14-10-5-3-1-2-4-6-11-15-20-16-12-8-7-9-13-16/h7-9,12-13H,1-6,10-11,14-15H2,(H,18,19)/p-1. The Hall–Kier alpha value is -1.51. The van der Waals surface area contributed by atoms with E-state index < -0.39 is 5.97 Å². The first-order valence-corrected chi connectivity index (χ1v) is 7.67. The van der Waals surface area contributed by atoms with Crippen LogP contribution in [0.5, 0.6) is 5.75 Å². The van der Waals surface area contributed by atoms with E-state index in [2.05, 4.69) is 0 Å². The first-order chi connectivity index (χ1) is 9.79. The van der Waals surface area contributed by atoms with Gasteiger partial charge in [-0.2, -0.15) is 0 Å². The van der Waals surface area contributed by atoms with E-state index in [1.54, 1.807) is 0 Å². The summed E-state index contributed by atoms with van der Waals surface area (Å²) in [6, 6.07) is 9.91. The van der Waals surface area contributed by atoms with Crippen LogP contribution in [-0.4, -0.2) is 12.6 Å². The Morgan fingerprint density at radius 1 is 0.850 bits per heavy atom.